The van der Waals surface area contributed by atoms with Gasteiger partial charge in [0.05, 0.1) is 5.92 Å². The van der Waals surface area contributed by atoms with Crippen LogP contribution >= 0.6 is 0 Å². The molecule has 1 rings (SSSR count). The Labute approximate surface area is 105 Å². The Bertz CT molecular complexity index is 221. The maximum atomic E-state index is 11.8. The van der Waals surface area contributed by atoms with Crippen molar-refractivity contribution in [2.24, 2.45) is 11.7 Å². The first kappa shape index (κ1) is 14.5. The average Bonchev–Trinajstić information content (AvgIpc) is 2.36. The summed E-state index contributed by atoms with van der Waals surface area (Å²) >= 11 is 0. The van der Waals surface area contributed by atoms with E-state index >= 15 is 0 Å². The Balaban J connectivity index is 2.25. The highest BCUT2D eigenvalue weighted by molar-refractivity contribution is 5.78. The highest BCUT2D eigenvalue weighted by atomic mass is 16.1. The van der Waals surface area contributed by atoms with Gasteiger partial charge in [-0.1, -0.05) is 19.8 Å². The smallest absolute Gasteiger partial charge is 0.224 e. The van der Waals surface area contributed by atoms with Gasteiger partial charge in [-0.15, -0.1) is 0 Å². The molecule has 1 fully saturated rings. The molecule has 1 saturated heterocycles. The molecule has 1 amide bonds. The number of nitrogens with one attached hydrogen (secondary N) is 1. The van der Waals surface area contributed by atoms with Crippen molar-refractivity contribution >= 4 is 5.91 Å². The second-order valence-corrected chi connectivity index (χ2v) is 4.93. The van der Waals surface area contributed by atoms with Crippen LogP contribution in [-0.2, 0) is 4.79 Å². The molecule has 1 aliphatic heterocycles. The number of hydrogen-bond acceptors (Lipinski definition) is 3. The molecule has 4 heteroatoms. The van der Waals surface area contributed by atoms with Crippen LogP contribution in [0, 0.1) is 5.92 Å². The molecule has 1 unspecified atom stereocenters. The van der Waals surface area contributed by atoms with Gasteiger partial charge in [0.15, 0.2) is 0 Å². The average molecular weight is 241 g/mol. The minimum absolute atomic E-state index is 0.178. The monoisotopic (exact) mass is 241 g/mol. The number of piperidine rings is 1. The standard InChI is InChI=1S/C13H27N3O/c1-2-3-4-9-16-10-5-6-12(11-16)13(17)15-8-7-14/h12H,2-11,14H2,1H3,(H,15,17). The van der Waals surface area contributed by atoms with Crippen LogP contribution in [-0.4, -0.2) is 43.5 Å². The van der Waals surface area contributed by atoms with Crippen molar-refractivity contribution in [2.75, 3.05) is 32.7 Å². The van der Waals surface area contributed by atoms with Gasteiger partial charge < -0.3 is 16.0 Å². The summed E-state index contributed by atoms with van der Waals surface area (Å²) in [6.07, 6.45) is 5.98. The van der Waals surface area contributed by atoms with Gasteiger partial charge in [0.2, 0.25) is 5.91 Å². The molecule has 1 aliphatic rings. The van der Waals surface area contributed by atoms with E-state index in [1.54, 1.807) is 0 Å². The van der Waals surface area contributed by atoms with E-state index in [4.69, 9.17) is 5.73 Å². The maximum Gasteiger partial charge on any atom is 0.224 e. The molecular weight excluding hydrogens is 214 g/mol. The molecule has 3 N–H and O–H groups in total. The molecule has 1 heterocycles. The highest BCUT2D eigenvalue weighted by Crippen LogP contribution is 2.17. The minimum Gasteiger partial charge on any atom is -0.355 e. The topological polar surface area (TPSA) is 58.4 Å². The number of carbonyl (C=O) groups excluding carboxylic acids is 1. The van der Waals surface area contributed by atoms with Gasteiger partial charge in [0, 0.05) is 19.6 Å². The number of amides is 1. The van der Waals surface area contributed by atoms with E-state index < -0.39 is 0 Å². The summed E-state index contributed by atoms with van der Waals surface area (Å²) < 4.78 is 0. The van der Waals surface area contributed by atoms with Gasteiger partial charge in [0.1, 0.15) is 0 Å². The zero-order valence-electron chi connectivity index (χ0n) is 11.1. The summed E-state index contributed by atoms with van der Waals surface area (Å²) in [4.78, 5) is 14.3. The Morgan fingerprint density at radius 1 is 1.47 bits per heavy atom. The molecule has 4 nitrogen and oxygen atoms in total. The molecule has 17 heavy (non-hydrogen) atoms. The number of hydrogen-bond donors (Lipinski definition) is 2. The Morgan fingerprint density at radius 3 is 3.00 bits per heavy atom. The van der Waals surface area contributed by atoms with Crippen molar-refractivity contribution < 1.29 is 4.79 Å². The fraction of sp³-hybridized carbons (Fsp3) is 0.923. The van der Waals surface area contributed by atoms with Crippen LogP contribution in [0.15, 0.2) is 0 Å². The number of nitrogens with zero attached hydrogens (tertiary/aromatic N) is 1. The largest absolute Gasteiger partial charge is 0.355 e. The summed E-state index contributed by atoms with van der Waals surface area (Å²) in [6.45, 7) is 6.59. The van der Waals surface area contributed by atoms with Gasteiger partial charge in [0.25, 0.3) is 0 Å². The Morgan fingerprint density at radius 2 is 2.29 bits per heavy atom. The number of unbranched alkanes of at least 4 members (excludes halogenated alkanes) is 2. The quantitative estimate of drug-likeness (QED) is 0.653. The van der Waals surface area contributed by atoms with Crippen LogP contribution in [0.25, 0.3) is 0 Å². The fourth-order valence-corrected chi connectivity index (χ4v) is 2.40. The lowest BCUT2D eigenvalue weighted by Gasteiger charge is -2.31. The zero-order valence-corrected chi connectivity index (χ0v) is 11.1. The summed E-state index contributed by atoms with van der Waals surface area (Å²) in [7, 11) is 0. The molecule has 0 radical (unpaired) electrons. The molecule has 0 aromatic heterocycles. The SMILES string of the molecule is CCCCCN1CCCC(C(=O)NCCN)C1. The molecule has 100 valence electrons. The summed E-state index contributed by atoms with van der Waals surface area (Å²) in [6, 6.07) is 0. The Hall–Kier alpha value is -0.610. The zero-order chi connectivity index (χ0) is 12.5. The first-order valence-electron chi connectivity index (χ1n) is 6.98. The molecule has 0 spiro atoms. The van der Waals surface area contributed by atoms with Crippen LogP contribution in [0.2, 0.25) is 0 Å². The normalized spacial score (nSPS) is 21.4. The van der Waals surface area contributed by atoms with E-state index in [0.29, 0.717) is 13.1 Å². The van der Waals surface area contributed by atoms with E-state index in [1.807, 2.05) is 0 Å². The molecular formula is C13H27N3O. The number of nitrogens with two attached hydrogens (primary N) is 1. The lowest BCUT2D eigenvalue weighted by Crippen LogP contribution is -2.44. The van der Waals surface area contributed by atoms with Gasteiger partial charge in [-0.25, -0.2) is 0 Å². The molecule has 0 aliphatic carbocycles. The van der Waals surface area contributed by atoms with Crippen molar-refractivity contribution in [3.8, 4) is 0 Å². The third-order valence-electron chi connectivity index (χ3n) is 3.40. The second-order valence-electron chi connectivity index (χ2n) is 4.93. The molecule has 0 aromatic carbocycles. The minimum atomic E-state index is 0.178. The van der Waals surface area contributed by atoms with Crippen LogP contribution in [0.4, 0.5) is 0 Å². The van der Waals surface area contributed by atoms with E-state index in [9.17, 15) is 4.79 Å². The van der Waals surface area contributed by atoms with Gasteiger partial charge in [-0.3, -0.25) is 4.79 Å². The summed E-state index contributed by atoms with van der Waals surface area (Å²) in [5, 5.41) is 2.90. The first-order valence-corrected chi connectivity index (χ1v) is 6.98. The molecule has 0 bridgehead atoms. The predicted octanol–water partition coefficient (Wildman–Crippen LogP) is 0.964. The van der Waals surface area contributed by atoms with Gasteiger partial charge in [-0.2, -0.15) is 0 Å². The van der Waals surface area contributed by atoms with Crippen molar-refractivity contribution in [1.82, 2.24) is 10.2 Å². The van der Waals surface area contributed by atoms with Crippen molar-refractivity contribution in [3.63, 3.8) is 0 Å². The fourth-order valence-electron chi connectivity index (χ4n) is 2.40. The van der Waals surface area contributed by atoms with Gasteiger partial charge in [-0.05, 0) is 32.4 Å². The molecule has 0 saturated carbocycles. The third kappa shape index (κ3) is 5.50. The lowest BCUT2D eigenvalue weighted by molar-refractivity contribution is -0.126. The van der Waals surface area contributed by atoms with E-state index in [-0.39, 0.29) is 11.8 Å². The number of rotatable bonds is 7. The van der Waals surface area contributed by atoms with E-state index in [1.165, 1.54) is 19.3 Å². The predicted molar refractivity (Wildman–Crippen MR) is 70.8 cm³/mol. The van der Waals surface area contributed by atoms with Crippen molar-refractivity contribution in [2.45, 2.75) is 39.0 Å². The van der Waals surface area contributed by atoms with E-state index in [0.717, 1.165) is 32.5 Å². The number of carbonyl (C=O) groups is 1. The lowest BCUT2D eigenvalue weighted by atomic mass is 9.97. The maximum absolute atomic E-state index is 11.8. The molecule has 1 atom stereocenters. The van der Waals surface area contributed by atoms with Crippen molar-refractivity contribution in [3.05, 3.63) is 0 Å². The number of likely N-dealkylation sites (tertiary alicyclic amines) is 1. The van der Waals surface area contributed by atoms with Gasteiger partial charge >= 0.3 is 0 Å². The van der Waals surface area contributed by atoms with Crippen LogP contribution in [0.3, 0.4) is 0 Å². The molecule has 0 aromatic rings. The highest BCUT2D eigenvalue weighted by Gasteiger charge is 2.24. The van der Waals surface area contributed by atoms with Crippen LogP contribution < -0.4 is 11.1 Å². The van der Waals surface area contributed by atoms with Crippen LogP contribution in [0.5, 0.6) is 0 Å². The summed E-state index contributed by atoms with van der Waals surface area (Å²) in [5.41, 5.74) is 5.39. The second kappa shape index (κ2) is 8.48. The third-order valence-corrected chi connectivity index (χ3v) is 3.40. The first-order chi connectivity index (χ1) is 8.27. The van der Waals surface area contributed by atoms with Crippen molar-refractivity contribution in [1.29, 1.82) is 0 Å². The van der Waals surface area contributed by atoms with Crippen LogP contribution in [0.1, 0.15) is 39.0 Å². The summed E-state index contributed by atoms with van der Waals surface area (Å²) in [5.74, 6) is 0.368. The Kier molecular flexibility index (Phi) is 7.21. The van der Waals surface area contributed by atoms with E-state index in [2.05, 4.69) is 17.1 Å².